The van der Waals surface area contributed by atoms with Crippen molar-refractivity contribution < 1.29 is 9.53 Å². The molecule has 0 spiro atoms. The number of nitrogens with zero attached hydrogens (tertiary/aromatic N) is 2. The van der Waals surface area contributed by atoms with Crippen molar-refractivity contribution in [2.45, 2.75) is 0 Å². The first-order valence-electron chi connectivity index (χ1n) is 8.70. The topological polar surface area (TPSA) is 44.1 Å². The molecule has 150 valence electrons. The van der Waals surface area contributed by atoms with Gasteiger partial charge in [-0.2, -0.15) is 9.78 Å². The third-order valence-corrected chi connectivity index (χ3v) is 5.72. The van der Waals surface area contributed by atoms with Gasteiger partial charge in [0.05, 0.1) is 37.0 Å². The van der Waals surface area contributed by atoms with Crippen LogP contribution in [-0.2, 0) is 0 Å². The molecule has 0 saturated carbocycles. The maximum atomic E-state index is 12.7. The molecule has 0 amide bonds. The Balaban J connectivity index is 1.76. The smallest absolute Gasteiger partial charge is 0.344 e. The van der Waals surface area contributed by atoms with E-state index in [9.17, 15) is 4.79 Å². The standard InChI is InChI=1S/C22H12Cl4N2O2/c23-16-8-6-14(10-18(16)25)22(29)30-21-12-20(13-4-2-1-3-5-13)27-28(21)15-7-9-17(24)19(26)11-15/h1-12H. The lowest BCUT2D eigenvalue weighted by molar-refractivity contribution is 0.0723. The summed E-state index contributed by atoms with van der Waals surface area (Å²) < 4.78 is 7.12. The highest BCUT2D eigenvalue weighted by Crippen LogP contribution is 2.31. The SMILES string of the molecule is O=C(Oc1cc(-c2ccccc2)nn1-c1ccc(Cl)c(Cl)c1)c1ccc(Cl)c(Cl)c1. The van der Waals surface area contributed by atoms with Crippen molar-refractivity contribution in [3.63, 3.8) is 0 Å². The van der Waals surface area contributed by atoms with Crippen LogP contribution in [-0.4, -0.2) is 15.7 Å². The van der Waals surface area contributed by atoms with Gasteiger partial charge < -0.3 is 4.74 Å². The van der Waals surface area contributed by atoms with Crippen molar-refractivity contribution in [3.05, 3.63) is 98.5 Å². The molecule has 3 aromatic carbocycles. The second-order valence-electron chi connectivity index (χ2n) is 6.26. The zero-order valence-electron chi connectivity index (χ0n) is 15.2. The second kappa shape index (κ2) is 8.70. The molecule has 1 heterocycles. The van der Waals surface area contributed by atoms with Crippen LogP contribution < -0.4 is 4.74 Å². The summed E-state index contributed by atoms with van der Waals surface area (Å²) in [5, 5.41) is 5.96. The van der Waals surface area contributed by atoms with E-state index in [2.05, 4.69) is 5.10 Å². The van der Waals surface area contributed by atoms with Crippen molar-refractivity contribution in [2.75, 3.05) is 0 Å². The fraction of sp³-hybridized carbons (Fsp3) is 0. The number of hydrogen-bond acceptors (Lipinski definition) is 3. The predicted octanol–water partition coefficient (Wildman–Crippen LogP) is 7.37. The molecule has 0 aliphatic rings. The molecule has 30 heavy (non-hydrogen) atoms. The van der Waals surface area contributed by atoms with E-state index in [4.69, 9.17) is 51.1 Å². The van der Waals surface area contributed by atoms with E-state index in [-0.39, 0.29) is 16.5 Å². The third-order valence-electron chi connectivity index (χ3n) is 4.25. The van der Waals surface area contributed by atoms with E-state index < -0.39 is 5.97 Å². The van der Waals surface area contributed by atoms with Gasteiger partial charge in [-0.25, -0.2) is 4.79 Å². The minimum atomic E-state index is -0.602. The summed E-state index contributed by atoms with van der Waals surface area (Å²) in [4.78, 5) is 12.7. The summed E-state index contributed by atoms with van der Waals surface area (Å²) >= 11 is 24.1. The first-order chi connectivity index (χ1) is 14.4. The third kappa shape index (κ3) is 4.32. The predicted molar refractivity (Wildman–Crippen MR) is 120 cm³/mol. The summed E-state index contributed by atoms with van der Waals surface area (Å²) in [5.74, 6) is -0.391. The molecule has 0 atom stereocenters. The molecule has 0 bridgehead atoms. The number of carbonyl (C=O) groups excluding carboxylic acids is 1. The van der Waals surface area contributed by atoms with E-state index >= 15 is 0 Å². The number of esters is 1. The summed E-state index contributed by atoms with van der Waals surface area (Å²) in [5.41, 5.74) is 2.33. The van der Waals surface area contributed by atoms with Gasteiger partial charge in [-0.1, -0.05) is 76.7 Å². The molecule has 4 nitrogen and oxygen atoms in total. The molecule has 0 fully saturated rings. The van der Waals surface area contributed by atoms with Gasteiger partial charge in [0, 0.05) is 11.6 Å². The Morgan fingerprint density at radius 3 is 2.10 bits per heavy atom. The molecule has 8 heteroatoms. The number of carbonyl (C=O) groups is 1. The van der Waals surface area contributed by atoms with E-state index in [1.54, 1.807) is 24.3 Å². The average Bonchev–Trinajstić information content (AvgIpc) is 3.16. The monoisotopic (exact) mass is 476 g/mol. The molecular weight excluding hydrogens is 466 g/mol. The minimum absolute atomic E-state index is 0.211. The van der Waals surface area contributed by atoms with Gasteiger partial charge in [-0.05, 0) is 36.4 Å². The molecular formula is C22H12Cl4N2O2. The quantitative estimate of drug-likeness (QED) is 0.288. The van der Waals surface area contributed by atoms with Gasteiger partial charge >= 0.3 is 5.97 Å². The van der Waals surface area contributed by atoms with E-state index in [1.807, 2.05) is 30.3 Å². The number of aromatic nitrogens is 2. The van der Waals surface area contributed by atoms with Crippen LogP contribution in [0.1, 0.15) is 10.4 Å². The summed E-state index contributed by atoms with van der Waals surface area (Å²) in [7, 11) is 0. The maximum Gasteiger partial charge on any atom is 0.344 e. The van der Waals surface area contributed by atoms with Crippen LogP contribution in [0.2, 0.25) is 20.1 Å². The van der Waals surface area contributed by atoms with Crippen LogP contribution >= 0.6 is 46.4 Å². The molecule has 0 aliphatic carbocycles. The van der Waals surface area contributed by atoms with Crippen molar-refractivity contribution in [2.24, 2.45) is 0 Å². The zero-order chi connectivity index (χ0) is 21.3. The lowest BCUT2D eigenvalue weighted by atomic mass is 10.2. The Labute approximate surface area is 192 Å². The molecule has 0 radical (unpaired) electrons. The summed E-state index contributed by atoms with van der Waals surface area (Å²) in [6.45, 7) is 0. The Kier molecular flexibility index (Phi) is 6.02. The maximum absolute atomic E-state index is 12.7. The Morgan fingerprint density at radius 2 is 1.43 bits per heavy atom. The van der Waals surface area contributed by atoms with Gasteiger partial charge in [-0.15, -0.1) is 0 Å². The minimum Gasteiger partial charge on any atom is -0.404 e. The molecule has 0 aliphatic heterocycles. The Morgan fingerprint density at radius 1 is 0.767 bits per heavy atom. The van der Waals surface area contributed by atoms with Crippen LogP contribution in [0.5, 0.6) is 5.88 Å². The summed E-state index contributed by atoms with van der Waals surface area (Å²) in [6.07, 6.45) is 0. The second-order valence-corrected chi connectivity index (χ2v) is 7.89. The molecule has 1 aromatic heterocycles. The molecule has 0 N–H and O–H groups in total. The van der Waals surface area contributed by atoms with Crippen LogP contribution in [0.4, 0.5) is 0 Å². The average molecular weight is 478 g/mol. The van der Waals surface area contributed by atoms with Crippen LogP contribution in [0.15, 0.2) is 72.8 Å². The fourth-order valence-electron chi connectivity index (χ4n) is 2.77. The largest absolute Gasteiger partial charge is 0.404 e. The fourth-order valence-corrected chi connectivity index (χ4v) is 3.36. The number of benzene rings is 3. The van der Waals surface area contributed by atoms with Gasteiger partial charge in [0.15, 0.2) is 0 Å². The van der Waals surface area contributed by atoms with Gasteiger partial charge in [0.1, 0.15) is 0 Å². The zero-order valence-corrected chi connectivity index (χ0v) is 18.2. The Hall–Kier alpha value is -2.50. The van der Waals surface area contributed by atoms with Crippen molar-refractivity contribution in [1.29, 1.82) is 0 Å². The lowest BCUT2D eigenvalue weighted by Crippen LogP contribution is -2.11. The van der Waals surface area contributed by atoms with Crippen LogP contribution in [0.25, 0.3) is 16.9 Å². The van der Waals surface area contributed by atoms with Crippen LogP contribution in [0.3, 0.4) is 0 Å². The Bertz CT molecular complexity index is 1240. The summed E-state index contributed by atoms with van der Waals surface area (Å²) in [6, 6.07) is 20.7. The number of hydrogen-bond donors (Lipinski definition) is 0. The van der Waals surface area contributed by atoms with E-state index in [0.29, 0.717) is 26.4 Å². The number of ether oxygens (including phenoxy) is 1. The van der Waals surface area contributed by atoms with Crippen LogP contribution in [0, 0.1) is 0 Å². The normalized spacial score (nSPS) is 10.8. The van der Waals surface area contributed by atoms with E-state index in [0.717, 1.165) is 5.56 Å². The van der Waals surface area contributed by atoms with Gasteiger partial charge in [0.2, 0.25) is 5.88 Å². The van der Waals surface area contributed by atoms with Gasteiger partial charge in [-0.3, -0.25) is 0 Å². The van der Waals surface area contributed by atoms with Gasteiger partial charge in [0.25, 0.3) is 0 Å². The van der Waals surface area contributed by atoms with Crippen molar-refractivity contribution in [3.8, 4) is 22.8 Å². The highest BCUT2D eigenvalue weighted by Gasteiger charge is 2.18. The van der Waals surface area contributed by atoms with E-state index in [1.165, 1.54) is 22.9 Å². The first-order valence-corrected chi connectivity index (χ1v) is 10.2. The highest BCUT2D eigenvalue weighted by molar-refractivity contribution is 6.42. The molecule has 0 unspecified atom stereocenters. The molecule has 4 aromatic rings. The van der Waals surface area contributed by atoms with Crippen molar-refractivity contribution >= 4 is 52.4 Å². The highest BCUT2D eigenvalue weighted by atomic mass is 35.5. The molecule has 4 rings (SSSR count). The number of halogens is 4. The van der Waals surface area contributed by atoms with Crippen molar-refractivity contribution in [1.82, 2.24) is 9.78 Å². The molecule has 0 saturated heterocycles. The lowest BCUT2D eigenvalue weighted by Gasteiger charge is -2.09. The first kappa shape index (κ1) is 20.8. The number of rotatable bonds is 4.